The molecule has 6 atom stereocenters. The van der Waals surface area contributed by atoms with Crippen LogP contribution in [-0.4, -0.2) is 29.2 Å². The number of ether oxygens (including phenoxy) is 2. The second-order valence-electron chi connectivity index (χ2n) is 6.70. The molecule has 1 saturated heterocycles. The molecule has 0 aromatic rings. The van der Waals surface area contributed by atoms with Crippen LogP contribution in [0.3, 0.4) is 0 Å². The van der Waals surface area contributed by atoms with Gasteiger partial charge in [0.2, 0.25) is 0 Å². The lowest BCUT2D eigenvalue weighted by molar-refractivity contribution is -0.156. The maximum Gasteiger partial charge on any atom is 0.163 e. The van der Waals surface area contributed by atoms with Crippen molar-refractivity contribution in [3.63, 3.8) is 0 Å². The third-order valence-electron chi connectivity index (χ3n) is 4.96. The smallest absolute Gasteiger partial charge is 0.163 e. The number of aliphatic hydroxyl groups is 1. The summed E-state index contributed by atoms with van der Waals surface area (Å²) < 4.78 is 12.3. The molecule has 19 heavy (non-hydrogen) atoms. The van der Waals surface area contributed by atoms with Gasteiger partial charge in [-0.3, -0.25) is 0 Å². The fourth-order valence-electron chi connectivity index (χ4n) is 3.80. The van der Waals surface area contributed by atoms with Crippen molar-refractivity contribution in [1.29, 1.82) is 0 Å². The minimum Gasteiger partial charge on any atom is -0.389 e. The number of rotatable bonds is 0. The van der Waals surface area contributed by atoms with Gasteiger partial charge in [-0.2, -0.15) is 0 Å². The van der Waals surface area contributed by atoms with Crippen LogP contribution in [0.4, 0.5) is 0 Å². The van der Waals surface area contributed by atoms with Gasteiger partial charge in [-0.15, -0.1) is 0 Å². The van der Waals surface area contributed by atoms with E-state index >= 15 is 0 Å². The van der Waals surface area contributed by atoms with E-state index in [0.29, 0.717) is 5.92 Å². The first kappa shape index (κ1) is 13.3. The van der Waals surface area contributed by atoms with Gasteiger partial charge in [0.15, 0.2) is 5.79 Å². The molecule has 0 aromatic heterocycles. The van der Waals surface area contributed by atoms with Gasteiger partial charge in [0.1, 0.15) is 0 Å². The van der Waals surface area contributed by atoms with Crippen LogP contribution in [0, 0.1) is 17.8 Å². The first-order valence-corrected chi connectivity index (χ1v) is 7.30. The van der Waals surface area contributed by atoms with Crippen molar-refractivity contribution in [1.82, 2.24) is 0 Å². The summed E-state index contributed by atoms with van der Waals surface area (Å²) in [7, 11) is 0. The third kappa shape index (κ3) is 2.18. The molecule has 2 fully saturated rings. The highest BCUT2D eigenvalue weighted by Gasteiger charge is 2.51. The second kappa shape index (κ2) is 4.44. The van der Waals surface area contributed by atoms with E-state index in [1.165, 1.54) is 5.57 Å². The van der Waals surface area contributed by atoms with Crippen LogP contribution in [0.25, 0.3) is 0 Å². The van der Waals surface area contributed by atoms with Crippen LogP contribution in [0.1, 0.15) is 34.1 Å². The highest BCUT2D eigenvalue weighted by molar-refractivity contribution is 5.24. The monoisotopic (exact) mass is 264 g/mol. The van der Waals surface area contributed by atoms with Gasteiger partial charge in [0.05, 0.1) is 18.3 Å². The Kier molecular flexibility index (Phi) is 3.12. The van der Waals surface area contributed by atoms with E-state index in [4.69, 9.17) is 9.47 Å². The lowest BCUT2D eigenvalue weighted by atomic mass is 9.83. The van der Waals surface area contributed by atoms with Gasteiger partial charge in [-0.25, -0.2) is 0 Å². The summed E-state index contributed by atoms with van der Waals surface area (Å²) in [6, 6.07) is 0. The molecule has 1 saturated carbocycles. The van der Waals surface area contributed by atoms with Crippen LogP contribution < -0.4 is 0 Å². The molecule has 3 rings (SSSR count). The van der Waals surface area contributed by atoms with Gasteiger partial charge >= 0.3 is 0 Å². The second-order valence-corrected chi connectivity index (χ2v) is 6.70. The molecule has 0 amide bonds. The molecule has 0 radical (unpaired) electrons. The lowest BCUT2D eigenvalue weighted by Gasteiger charge is -2.29. The van der Waals surface area contributed by atoms with E-state index in [-0.39, 0.29) is 30.1 Å². The molecule has 0 aromatic carbocycles. The molecule has 3 aliphatic rings. The SMILES string of the molecule is C[C@H]1[C@@H]2CC(=CC=C[C@H]2O)[C@@H](C)[C@@H]2OC(C)(C)O[C@H]12. The van der Waals surface area contributed by atoms with Crippen LogP contribution in [0.5, 0.6) is 0 Å². The van der Waals surface area contributed by atoms with Gasteiger partial charge in [0.25, 0.3) is 0 Å². The Bertz CT molecular complexity index is 424. The van der Waals surface area contributed by atoms with Gasteiger partial charge in [0, 0.05) is 5.92 Å². The van der Waals surface area contributed by atoms with E-state index in [9.17, 15) is 5.11 Å². The number of hydrogen-bond donors (Lipinski definition) is 1. The zero-order valence-electron chi connectivity index (χ0n) is 12.2. The van der Waals surface area contributed by atoms with Gasteiger partial charge < -0.3 is 14.6 Å². The fourth-order valence-corrected chi connectivity index (χ4v) is 3.80. The topological polar surface area (TPSA) is 38.7 Å². The van der Waals surface area contributed by atoms with E-state index in [0.717, 1.165) is 6.42 Å². The Labute approximate surface area is 115 Å². The summed E-state index contributed by atoms with van der Waals surface area (Å²) in [5.74, 6) is 0.337. The molecule has 2 bridgehead atoms. The molecule has 3 heteroatoms. The zero-order valence-corrected chi connectivity index (χ0v) is 12.2. The van der Waals surface area contributed by atoms with Crippen LogP contribution >= 0.6 is 0 Å². The highest BCUT2D eigenvalue weighted by atomic mass is 16.8. The van der Waals surface area contributed by atoms with Crippen molar-refractivity contribution in [3.05, 3.63) is 23.8 Å². The molecule has 0 spiro atoms. The Morgan fingerprint density at radius 3 is 2.63 bits per heavy atom. The Hall–Kier alpha value is -0.640. The Morgan fingerprint density at radius 1 is 1.21 bits per heavy atom. The molecule has 1 aliphatic heterocycles. The quantitative estimate of drug-likeness (QED) is 0.731. The standard InChI is InChI=1S/C16H24O3/c1-9-11-6-5-7-13(17)12(8-11)10(2)15-14(9)18-16(3,4)19-15/h5-7,9-10,12-15,17H,8H2,1-4H3/t9-,10+,12+,13-,14+,15-/m1/s1. The highest BCUT2D eigenvalue weighted by Crippen LogP contribution is 2.46. The number of aliphatic hydroxyl groups excluding tert-OH is 1. The van der Waals surface area contributed by atoms with E-state index < -0.39 is 5.79 Å². The summed E-state index contributed by atoms with van der Waals surface area (Å²) >= 11 is 0. The predicted molar refractivity (Wildman–Crippen MR) is 73.5 cm³/mol. The minimum absolute atomic E-state index is 0.0713. The summed E-state index contributed by atoms with van der Waals surface area (Å²) in [6.45, 7) is 8.36. The first-order valence-electron chi connectivity index (χ1n) is 7.30. The van der Waals surface area contributed by atoms with Crippen molar-refractivity contribution < 1.29 is 14.6 Å². The fraction of sp³-hybridized carbons (Fsp3) is 0.750. The molecular formula is C16H24O3. The van der Waals surface area contributed by atoms with Crippen molar-refractivity contribution in [2.45, 2.75) is 58.2 Å². The van der Waals surface area contributed by atoms with Crippen molar-refractivity contribution >= 4 is 0 Å². The summed E-state index contributed by atoms with van der Waals surface area (Å²) in [4.78, 5) is 0. The van der Waals surface area contributed by atoms with Crippen LogP contribution in [-0.2, 0) is 9.47 Å². The first-order chi connectivity index (χ1) is 8.89. The molecular weight excluding hydrogens is 240 g/mol. The van der Waals surface area contributed by atoms with Crippen LogP contribution in [0.15, 0.2) is 23.8 Å². The number of hydrogen-bond acceptors (Lipinski definition) is 3. The molecule has 106 valence electrons. The molecule has 2 aliphatic carbocycles. The molecule has 0 unspecified atom stereocenters. The van der Waals surface area contributed by atoms with E-state index in [1.54, 1.807) is 0 Å². The third-order valence-corrected chi connectivity index (χ3v) is 4.96. The number of allylic oxidation sites excluding steroid dienone is 2. The normalized spacial score (nSPS) is 48.2. The van der Waals surface area contributed by atoms with Gasteiger partial charge in [-0.1, -0.05) is 37.6 Å². The molecule has 1 heterocycles. The van der Waals surface area contributed by atoms with Crippen molar-refractivity contribution in [2.24, 2.45) is 17.8 Å². The Morgan fingerprint density at radius 2 is 1.89 bits per heavy atom. The predicted octanol–water partition coefficient (Wildman–Crippen LogP) is 2.66. The molecule has 1 N–H and O–H groups in total. The largest absolute Gasteiger partial charge is 0.389 e. The zero-order chi connectivity index (χ0) is 13.8. The average Bonchev–Trinajstić information content (AvgIpc) is 2.49. The number of fused-ring (bicyclic) bond motifs is 3. The lowest BCUT2D eigenvalue weighted by Crippen LogP contribution is -2.37. The minimum atomic E-state index is -0.517. The van der Waals surface area contributed by atoms with Gasteiger partial charge in [-0.05, 0) is 32.1 Å². The summed E-state index contributed by atoms with van der Waals surface area (Å²) in [5, 5.41) is 10.3. The maximum atomic E-state index is 10.3. The summed E-state index contributed by atoms with van der Waals surface area (Å²) in [5.41, 5.74) is 1.37. The van der Waals surface area contributed by atoms with E-state index in [1.807, 2.05) is 26.0 Å². The average molecular weight is 264 g/mol. The molecule has 3 nitrogen and oxygen atoms in total. The maximum absolute atomic E-state index is 10.3. The summed E-state index contributed by atoms with van der Waals surface area (Å²) in [6.07, 6.45) is 6.77. The van der Waals surface area contributed by atoms with E-state index in [2.05, 4.69) is 19.9 Å². The van der Waals surface area contributed by atoms with Crippen molar-refractivity contribution in [3.8, 4) is 0 Å². The Balaban J connectivity index is 2.00. The van der Waals surface area contributed by atoms with Crippen LogP contribution in [0.2, 0.25) is 0 Å². The van der Waals surface area contributed by atoms with Crippen molar-refractivity contribution in [2.75, 3.05) is 0 Å².